The molecule has 1 aromatic carbocycles. The number of carboxylic acid groups (broad SMARTS) is 1. The zero-order valence-electron chi connectivity index (χ0n) is 11.6. The molecule has 0 amide bonds. The maximum absolute atomic E-state index is 12.2. The van der Waals surface area contributed by atoms with Crippen LogP contribution in [0.5, 0.6) is 0 Å². The van der Waals surface area contributed by atoms with E-state index < -0.39 is 26.8 Å². The van der Waals surface area contributed by atoms with Crippen LogP contribution in [0.1, 0.15) is 22.8 Å². The number of aromatic carboxylic acids is 1. The number of carboxylic acids is 1. The SMILES string of the molecule is CCS(=O)CCNS(=O)(=O)c1cc(Cl)cc(C(=O)O)c1C. The van der Waals surface area contributed by atoms with Gasteiger partial charge in [-0.25, -0.2) is 17.9 Å². The van der Waals surface area contributed by atoms with Gasteiger partial charge in [0.15, 0.2) is 0 Å². The Morgan fingerprint density at radius 3 is 2.57 bits per heavy atom. The zero-order chi connectivity index (χ0) is 16.2. The molecule has 0 saturated carbocycles. The summed E-state index contributed by atoms with van der Waals surface area (Å²) < 4.78 is 38.0. The molecule has 0 aliphatic rings. The predicted octanol–water partition coefficient (Wildman–Crippen LogP) is 1.39. The van der Waals surface area contributed by atoms with Crippen LogP contribution in [0.4, 0.5) is 0 Å². The van der Waals surface area contributed by atoms with E-state index in [0.29, 0.717) is 5.75 Å². The minimum atomic E-state index is -3.91. The quantitative estimate of drug-likeness (QED) is 0.771. The van der Waals surface area contributed by atoms with Crippen LogP contribution in [0, 0.1) is 6.92 Å². The first kappa shape index (κ1) is 18.1. The smallest absolute Gasteiger partial charge is 0.336 e. The van der Waals surface area contributed by atoms with Gasteiger partial charge in [-0.15, -0.1) is 0 Å². The molecule has 0 aliphatic heterocycles. The van der Waals surface area contributed by atoms with Crippen molar-refractivity contribution >= 4 is 38.4 Å². The van der Waals surface area contributed by atoms with Gasteiger partial charge in [0.2, 0.25) is 10.0 Å². The monoisotopic (exact) mass is 353 g/mol. The minimum absolute atomic E-state index is 0.0111. The molecule has 1 atom stereocenters. The lowest BCUT2D eigenvalue weighted by atomic mass is 10.1. The second kappa shape index (κ2) is 7.35. The Morgan fingerprint density at radius 2 is 2.05 bits per heavy atom. The van der Waals surface area contributed by atoms with Crippen LogP contribution in [0.2, 0.25) is 5.02 Å². The molecule has 6 nitrogen and oxygen atoms in total. The van der Waals surface area contributed by atoms with Gasteiger partial charge in [-0.05, 0) is 24.6 Å². The Kier molecular flexibility index (Phi) is 6.33. The van der Waals surface area contributed by atoms with E-state index in [0.717, 1.165) is 0 Å². The number of rotatable bonds is 7. The molecule has 1 aromatic rings. The highest BCUT2D eigenvalue weighted by Gasteiger charge is 2.22. The van der Waals surface area contributed by atoms with Crippen molar-refractivity contribution in [2.75, 3.05) is 18.1 Å². The van der Waals surface area contributed by atoms with Crippen LogP contribution in [0.25, 0.3) is 0 Å². The molecule has 0 spiro atoms. The highest BCUT2D eigenvalue weighted by molar-refractivity contribution is 7.89. The second-order valence-electron chi connectivity index (χ2n) is 4.21. The van der Waals surface area contributed by atoms with Crippen molar-refractivity contribution in [2.45, 2.75) is 18.7 Å². The Morgan fingerprint density at radius 1 is 1.43 bits per heavy atom. The standard InChI is InChI=1S/C12H16ClNO5S2/c1-3-20(17)5-4-14-21(18,19)11-7-9(13)6-10(8(11)2)12(15)16/h6-7,14H,3-5H2,1-2H3,(H,15,16). The van der Waals surface area contributed by atoms with Gasteiger partial charge in [0, 0.05) is 33.9 Å². The van der Waals surface area contributed by atoms with Crippen LogP contribution in [-0.2, 0) is 20.8 Å². The maximum atomic E-state index is 12.2. The highest BCUT2D eigenvalue weighted by Crippen LogP contribution is 2.24. The number of sulfonamides is 1. The second-order valence-corrected chi connectivity index (χ2v) is 8.25. The lowest BCUT2D eigenvalue weighted by molar-refractivity contribution is 0.0696. The van der Waals surface area contributed by atoms with Crippen molar-refractivity contribution in [3.63, 3.8) is 0 Å². The van der Waals surface area contributed by atoms with E-state index in [-0.39, 0.29) is 33.3 Å². The van der Waals surface area contributed by atoms with E-state index in [9.17, 15) is 17.4 Å². The largest absolute Gasteiger partial charge is 0.478 e. The number of hydrogen-bond acceptors (Lipinski definition) is 4. The fourth-order valence-corrected chi connectivity index (χ4v) is 4.02. The van der Waals surface area contributed by atoms with E-state index in [1.807, 2.05) is 0 Å². The van der Waals surface area contributed by atoms with Gasteiger partial charge in [-0.3, -0.25) is 4.21 Å². The number of hydrogen-bond donors (Lipinski definition) is 2. The molecule has 0 aromatic heterocycles. The highest BCUT2D eigenvalue weighted by atomic mass is 35.5. The Balaban J connectivity index is 3.08. The lowest BCUT2D eigenvalue weighted by Gasteiger charge is -2.11. The molecule has 0 saturated heterocycles. The Bertz CT molecular complexity index is 672. The van der Waals surface area contributed by atoms with E-state index >= 15 is 0 Å². The molecule has 0 aliphatic carbocycles. The normalized spacial score (nSPS) is 13.1. The summed E-state index contributed by atoms with van der Waals surface area (Å²) >= 11 is 5.77. The number of benzene rings is 1. The van der Waals surface area contributed by atoms with Crippen molar-refractivity contribution in [1.82, 2.24) is 4.72 Å². The summed E-state index contributed by atoms with van der Waals surface area (Å²) in [7, 11) is -4.99. The van der Waals surface area contributed by atoms with E-state index in [1.54, 1.807) is 6.92 Å². The molecular formula is C12H16ClNO5S2. The molecular weight excluding hydrogens is 338 g/mol. The van der Waals surface area contributed by atoms with Gasteiger partial charge in [0.25, 0.3) is 0 Å². The van der Waals surface area contributed by atoms with Crippen molar-refractivity contribution in [3.05, 3.63) is 28.3 Å². The summed E-state index contributed by atoms with van der Waals surface area (Å²) in [5.74, 6) is -0.610. The third kappa shape index (κ3) is 4.77. The number of halogens is 1. The van der Waals surface area contributed by atoms with E-state index in [4.69, 9.17) is 16.7 Å². The van der Waals surface area contributed by atoms with Gasteiger partial charge in [-0.2, -0.15) is 0 Å². The maximum Gasteiger partial charge on any atom is 0.336 e. The summed E-state index contributed by atoms with van der Waals surface area (Å²) in [5.41, 5.74) is -0.0592. The summed E-state index contributed by atoms with van der Waals surface area (Å²) in [5, 5.41) is 9.07. The van der Waals surface area contributed by atoms with Crippen LogP contribution in [-0.4, -0.2) is 41.8 Å². The third-order valence-corrected chi connectivity index (χ3v) is 5.90. The van der Waals surface area contributed by atoms with Crippen LogP contribution >= 0.6 is 11.6 Å². The first-order valence-corrected chi connectivity index (χ1v) is 9.42. The first-order chi connectivity index (χ1) is 9.69. The molecule has 0 heterocycles. The first-order valence-electron chi connectivity index (χ1n) is 6.07. The average molecular weight is 354 g/mol. The number of nitrogens with one attached hydrogen (secondary N) is 1. The summed E-state index contributed by atoms with van der Waals surface area (Å²) in [6.07, 6.45) is 0. The zero-order valence-corrected chi connectivity index (χ0v) is 13.9. The molecule has 9 heteroatoms. The molecule has 118 valence electrons. The van der Waals surface area contributed by atoms with Crippen molar-refractivity contribution in [3.8, 4) is 0 Å². The van der Waals surface area contributed by atoms with Gasteiger partial charge >= 0.3 is 5.97 Å². The molecule has 21 heavy (non-hydrogen) atoms. The van der Waals surface area contributed by atoms with E-state index in [2.05, 4.69) is 4.72 Å². The molecule has 0 radical (unpaired) electrons. The molecule has 1 unspecified atom stereocenters. The predicted molar refractivity (Wildman–Crippen MR) is 81.9 cm³/mol. The molecule has 1 rings (SSSR count). The Labute approximate surface area is 131 Å². The molecule has 0 fully saturated rings. The fourth-order valence-electron chi connectivity index (χ4n) is 1.67. The minimum Gasteiger partial charge on any atom is -0.478 e. The van der Waals surface area contributed by atoms with Gasteiger partial charge < -0.3 is 5.11 Å². The topological polar surface area (TPSA) is 101 Å². The van der Waals surface area contributed by atoms with E-state index in [1.165, 1.54) is 19.1 Å². The molecule has 0 bridgehead atoms. The number of carbonyl (C=O) groups is 1. The van der Waals surface area contributed by atoms with Gasteiger partial charge in [-0.1, -0.05) is 18.5 Å². The van der Waals surface area contributed by atoms with Crippen LogP contribution < -0.4 is 4.72 Å². The van der Waals surface area contributed by atoms with Crippen molar-refractivity contribution in [2.24, 2.45) is 0 Å². The van der Waals surface area contributed by atoms with Crippen LogP contribution in [0.15, 0.2) is 17.0 Å². The summed E-state index contributed by atoms with van der Waals surface area (Å²) in [4.78, 5) is 10.9. The summed E-state index contributed by atoms with van der Waals surface area (Å²) in [6, 6.07) is 2.40. The van der Waals surface area contributed by atoms with Gasteiger partial charge in [0.1, 0.15) is 0 Å². The Hall–Kier alpha value is -0.960. The fraction of sp³-hybridized carbons (Fsp3) is 0.417. The lowest BCUT2D eigenvalue weighted by Crippen LogP contribution is -2.29. The van der Waals surface area contributed by atoms with Crippen molar-refractivity contribution in [1.29, 1.82) is 0 Å². The summed E-state index contributed by atoms with van der Waals surface area (Å²) in [6.45, 7) is 3.15. The van der Waals surface area contributed by atoms with Crippen LogP contribution in [0.3, 0.4) is 0 Å². The third-order valence-electron chi connectivity index (χ3n) is 2.79. The van der Waals surface area contributed by atoms with Crippen molar-refractivity contribution < 1.29 is 22.5 Å². The average Bonchev–Trinajstić information content (AvgIpc) is 2.40. The van der Waals surface area contributed by atoms with Gasteiger partial charge in [0.05, 0.1) is 10.5 Å². The molecule has 2 N–H and O–H groups in total.